The van der Waals surface area contributed by atoms with Crippen molar-refractivity contribution in [2.24, 2.45) is 0 Å². The number of alkyl halides is 3. The number of pyridine rings is 2. The third kappa shape index (κ3) is 4.63. The Hall–Kier alpha value is -4.09. The molecule has 0 fully saturated rings. The predicted octanol–water partition coefficient (Wildman–Crippen LogP) is 3.44. The quantitative estimate of drug-likeness (QED) is 0.474. The smallest absolute Gasteiger partial charge is 0.421 e. The third-order valence-corrected chi connectivity index (χ3v) is 4.57. The summed E-state index contributed by atoms with van der Waals surface area (Å²) in [6, 6.07) is 7.21. The molecule has 0 aromatic carbocycles. The minimum Gasteiger partial charge on any atom is -0.481 e. The molecule has 0 aliphatic carbocycles. The Balaban J connectivity index is 1.49. The largest absolute Gasteiger partial charge is 0.481 e. The van der Waals surface area contributed by atoms with E-state index in [1.165, 1.54) is 10.7 Å². The van der Waals surface area contributed by atoms with Gasteiger partial charge in [0.05, 0.1) is 19.2 Å². The lowest BCUT2D eigenvalue weighted by Crippen LogP contribution is -2.31. The summed E-state index contributed by atoms with van der Waals surface area (Å²) in [5, 5.41) is 13.6. The van der Waals surface area contributed by atoms with E-state index in [2.05, 4.69) is 25.8 Å². The fraction of sp³-hybridized carbons (Fsp3) is 0.200. The molecule has 4 aromatic rings. The molecule has 0 spiro atoms. The molecular formula is C20H18F3N7O2. The highest BCUT2D eigenvalue weighted by atomic mass is 19.4. The van der Waals surface area contributed by atoms with Gasteiger partial charge in [0.25, 0.3) is 0 Å². The summed E-state index contributed by atoms with van der Waals surface area (Å²) in [5.41, 5.74) is 0.403. The molecule has 0 aliphatic rings. The van der Waals surface area contributed by atoms with Crippen molar-refractivity contribution in [3.63, 3.8) is 0 Å². The molecule has 166 valence electrons. The van der Waals surface area contributed by atoms with Crippen molar-refractivity contribution in [3.8, 4) is 17.0 Å². The normalized spacial score (nSPS) is 11.5. The Kier molecular flexibility index (Phi) is 5.67. The minimum atomic E-state index is -4.60. The Bertz CT molecular complexity index is 1240. The molecule has 4 aromatic heterocycles. The maximum atomic E-state index is 13.3. The van der Waals surface area contributed by atoms with Crippen LogP contribution in [-0.4, -0.2) is 44.1 Å². The highest BCUT2D eigenvalue weighted by Crippen LogP contribution is 2.37. The third-order valence-electron chi connectivity index (χ3n) is 4.57. The van der Waals surface area contributed by atoms with Gasteiger partial charge in [0.2, 0.25) is 5.88 Å². The van der Waals surface area contributed by atoms with Crippen LogP contribution in [-0.2, 0) is 12.7 Å². The first-order chi connectivity index (χ1) is 15.3. The van der Waals surface area contributed by atoms with Crippen LogP contribution in [0.3, 0.4) is 0 Å². The van der Waals surface area contributed by atoms with Crippen LogP contribution >= 0.6 is 0 Å². The van der Waals surface area contributed by atoms with Crippen LogP contribution in [0.25, 0.3) is 16.6 Å². The fourth-order valence-electron chi connectivity index (χ4n) is 3.09. The number of urea groups is 1. The number of rotatable bonds is 6. The molecule has 4 heterocycles. The number of hydrogen-bond donors (Lipinski definition) is 2. The lowest BCUT2D eigenvalue weighted by molar-refractivity contribution is -0.139. The molecule has 0 aliphatic heterocycles. The number of halogens is 3. The van der Waals surface area contributed by atoms with Crippen LogP contribution in [0.4, 0.5) is 23.8 Å². The number of anilines is 1. The van der Waals surface area contributed by atoms with Gasteiger partial charge in [0.15, 0.2) is 5.82 Å². The summed E-state index contributed by atoms with van der Waals surface area (Å²) < 4.78 is 47.8. The van der Waals surface area contributed by atoms with Gasteiger partial charge >= 0.3 is 12.2 Å². The van der Waals surface area contributed by atoms with E-state index < -0.39 is 23.7 Å². The van der Waals surface area contributed by atoms with Gasteiger partial charge in [0.1, 0.15) is 5.56 Å². The molecule has 2 N–H and O–H groups in total. The van der Waals surface area contributed by atoms with E-state index in [-0.39, 0.29) is 5.56 Å². The second-order valence-corrected chi connectivity index (χ2v) is 6.74. The summed E-state index contributed by atoms with van der Waals surface area (Å²) in [6.45, 7) is 0.891. The van der Waals surface area contributed by atoms with Crippen molar-refractivity contribution in [2.75, 3.05) is 19.0 Å². The van der Waals surface area contributed by atoms with Crippen molar-refractivity contribution < 1.29 is 22.7 Å². The van der Waals surface area contributed by atoms with Gasteiger partial charge in [-0.05, 0) is 29.8 Å². The molecule has 32 heavy (non-hydrogen) atoms. The number of amides is 2. The molecule has 0 atom stereocenters. The number of fused-ring (bicyclic) bond motifs is 1. The molecule has 2 amide bonds. The SMILES string of the molecule is COc1ncc(-c2ccn3nc(NC(=O)NCCn4cccn4)cc3c2)cc1C(F)(F)F. The Morgan fingerprint density at radius 1 is 1.19 bits per heavy atom. The molecule has 0 bridgehead atoms. The standard InChI is InChI=1S/C20H18F3N7O2/c1-32-18-16(20(21,22)23)10-14(12-25-18)13-3-7-30-15(9-13)11-17(28-30)27-19(31)24-5-8-29-6-2-4-26-29/h2-4,6-7,9-12H,5,8H2,1H3,(H2,24,27,28,31). The highest BCUT2D eigenvalue weighted by molar-refractivity contribution is 5.89. The second-order valence-electron chi connectivity index (χ2n) is 6.74. The van der Waals surface area contributed by atoms with E-state index in [9.17, 15) is 18.0 Å². The molecule has 4 rings (SSSR count). The van der Waals surface area contributed by atoms with Crippen LogP contribution in [0.1, 0.15) is 5.56 Å². The molecule has 0 saturated heterocycles. The van der Waals surface area contributed by atoms with Gasteiger partial charge in [-0.1, -0.05) is 0 Å². The van der Waals surface area contributed by atoms with Crippen molar-refractivity contribution in [1.29, 1.82) is 0 Å². The van der Waals surface area contributed by atoms with Crippen LogP contribution < -0.4 is 15.4 Å². The zero-order valence-electron chi connectivity index (χ0n) is 16.8. The second kappa shape index (κ2) is 8.57. The van der Waals surface area contributed by atoms with Crippen molar-refractivity contribution >= 4 is 17.4 Å². The maximum Gasteiger partial charge on any atom is 0.421 e. The number of ether oxygens (including phenoxy) is 1. The minimum absolute atomic E-state index is 0.271. The number of carbonyl (C=O) groups is 1. The van der Waals surface area contributed by atoms with Gasteiger partial charge in [-0.3, -0.25) is 10.00 Å². The van der Waals surface area contributed by atoms with E-state index in [0.29, 0.717) is 30.0 Å². The number of hydrogen-bond acceptors (Lipinski definition) is 5. The number of nitrogens with zero attached hydrogens (tertiary/aromatic N) is 5. The van der Waals surface area contributed by atoms with Crippen molar-refractivity contribution in [2.45, 2.75) is 12.7 Å². The Labute approximate surface area is 179 Å². The van der Waals surface area contributed by atoms with E-state index in [1.807, 2.05) is 0 Å². The zero-order chi connectivity index (χ0) is 22.7. The Morgan fingerprint density at radius 2 is 2.03 bits per heavy atom. The van der Waals surface area contributed by atoms with Crippen molar-refractivity contribution in [3.05, 3.63) is 60.7 Å². The Morgan fingerprint density at radius 3 is 2.75 bits per heavy atom. The molecule has 0 unspecified atom stereocenters. The first-order valence-corrected chi connectivity index (χ1v) is 9.47. The summed E-state index contributed by atoms with van der Waals surface area (Å²) in [7, 11) is 1.14. The average molecular weight is 445 g/mol. The molecule has 0 saturated carbocycles. The van der Waals surface area contributed by atoms with E-state index in [1.54, 1.807) is 47.5 Å². The summed E-state index contributed by atoms with van der Waals surface area (Å²) in [6.07, 6.45) is 1.73. The van der Waals surface area contributed by atoms with Crippen LogP contribution in [0.5, 0.6) is 5.88 Å². The highest BCUT2D eigenvalue weighted by Gasteiger charge is 2.35. The number of carbonyl (C=O) groups excluding carboxylic acids is 1. The maximum absolute atomic E-state index is 13.3. The lowest BCUT2D eigenvalue weighted by Gasteiger charge is -2.12. The van der Waals surface area contributed by atoms with Crippen LogP contribution in [0, 0.1) is 0 Å². The summed E-state index contributed by atoms with van der Waals surface area (Å²) in [5.74, 6) is -0.195. The summed E-state index contributed by atoms with van der Waals surface area (Å²) >= 11 is 0. The van der Waals surface area contributed by atoms with E-state index in [0.717, 1.165) is 13.2 Å². The van der Waals surface area contributed by atoms with Gasteiger partial charge in [-0.25, -0.2) is 14.3 Å². The van der Waals surface area contributed by atoms with Gasteiger partial charge in [-0.15, -0.1) is 5.10 Å². The van der Waals surface area contributed by atoms with Crippen LogP contribution in [0.2, 0.25) is 0 Å². The first-order valence-electron chi connectivity index (χ1n) is 9.47. The van der Waals surface area contributed by atoms with Gasteiger partial charge < -0.3 is 10.1 Å². The average Bonchev–Trinajstić information content (AvgIpc) is 3.41. The van der Waals surface area contributed by atoms with Gasteiger partial charge in [0, 0.05) is 43.0 Å². The molecule has 9 nitrogen and oxygen atoms in total. The lowest BCUT2D eigenvalue weighted by atomic mass is 10.1. The summed E-state index contributed by atoms with van der Waals surface area (Å²) in [4.78, 5) is 15.8. The predicted molar refractivity (Wildman–Crippen MR) is 109 cm³/mol. The molecular weight excluding hydrogens is 427 g/mol. The van der Waals surface area contributed by atoms with E-state index >= 15 is 0 Å². The zero-order valence-corrected chi connectivity index (χ0v) is 16.8. The molecule has 12 heteroatoms. The molecule has 0 radical (unpaired) electrons. The first kappa shape index (κ1) is 21.2. The topological polar surface area (TPSA) is 98.4 Å². The monoisotopic (exact) mass is 445 g/mol. The number of aromatic nitrogens is 5. The fourth-order valence-corrected chi connectivity index (χ4v) is 3.09. The van der Waals surface area contributed by atoms with Crippen molar-refractivity contribution in [1.82, 2.24) is 29.7 Å². The van der Waals surface area contributed by atoms with Crippen LogP contribution in [0.15, 0.2) is 55.1 Å². The number of methoxy groups -OCH3 is 1. The van der Waals surface area contributed by atoms with E-state index in [4.69, 9.17) is 4.74 Å². The van der Waals surface area contributed by atoms with Gasteiger partial charge in [-0.2, -0.15) is 18.3 Å². The number of nitrogens with one attached hydrogen (secondary N) is 2.